The number of likely N-dealkylation sites (tertiary alicyclic amines) is 1. The van der Waals surface area contributed by atoms with Crippen LogP contribution in [0.5, 0.6) is 0 Å². The van der Waals surface area contributed by atoms with Crippen LogP contribution in [0.3, 0.4) is 0 Å². The van der Waals surface area contributed by atoms with Gasteiger partial charge in [0.25, 0.3) is 0 Å². The first-order chi connectivity index (χ1) is 26.7. The predicted octanol–water partition coefficient (Wildman–Crippen LogP) is 3.50. The lowest BCUT2D eigenvalue weighted by Crippen LogP contribution is -2.73. The number of nitrogens with zero attached hydrogens (tertiary/aromatic N) is 5. The highest BCUT2D eigenvalue weighted by atomic mass is 19.1. The summed E-state index contributed by atoms with van der Waals surface area (Å²) in [5, 5.41) is 6.58. The van der Waals surface area contributed by atoms with Crippen molar-refractivity contribution < 1.29 is 28.2 Å². The second kappa shape index (κ2) is 17.4. The van der Waals surface area contributed by atoms with Crippen LogP contribution in [-0.4, -0.2) is 143 Å². The van der Waals surface area contributed by atoms with Gasteiger partial charge in [-0.15, -0.1) is 0 Å². The van der Waals surface area contributed by atoms with E-state index in [1.54, 1.807) is 6.20 Å². The Balaban J connectivity index is 0.941. The monoisotopic (exact) mass is 765 g/mol. The maximum absolute atomic E-state index is 16.8. The molecule has 8 rings (SSSR count). The van der Waals surface area contributed by atoms with Crippen LogP contribution in [0.2, 0.25) is 0 Å². The standard InChI is InChI=1S/C42H64FN7O5/c1-47(2)17-7-3-4-10-34(51)31-25-50-33-23-36-29(28-9-5-6-11-35(28)54-36)22-37(33)55-42-39(50)30(41(31)53)21-32(43)40(42)49-19-13-27(24-49)46-38(52)12-15-44-14-8-18-48-20-16-45-26-48/h16,20,25-30,32-33,35-37,39-40,42,44H,3-15,17-19,21-24H2,1-2H3,(H,46,52)/t27-,28?,29?,30?,32?,33?,35?,36?,37?,39?,40?,42?/m1/s1. The fourth-order valence-electron chi connectivity index (χ4n) is 11.5. The van der Waals surface area contributed by atoms with E-state index >= 15 is 4.39 Å². The van der Waals surface area contributed by atoms with E-state index < -0.39 is 24.2 Å². The lowest BCUT2D eigenvalue weighted by atomic mass is 9.66. The minimum Gasteiger partial charge on any atom is -0.374 e. The zero-order chi connectivity index (χ0) is 38.1. The molecule has 5 heterocycles. The minimum atomic E-state index is -1.27. The normalized spacial score (nSPS) is 36.9. The second-order valence-electron chi connectivity index (χ2n) is 17.9. The number of alkyl halides is 1. The Morgan fingerprint density at radius 2 is 1.82 bits per heavy atom. The lowest BCUT2D eigenvalue weighted by Gasteiger charge is -2.61. The number of morpholine rings is 1. The van der Waals surface area contributed by atoms with Crippen molar-refractivity contribution in [2.45, 2.75) is 151 Å². The molecule has 4 aliphatic heterocycles. The highest BCUT2D eigenvalue weighted by molar-refractivity contribution is 6.21. The van der Waals surface area contributed by atoms with Crippen molar-refractivity contribution in [1.82, 2.24) is 34.9 Å². The Bertz CT molecular complexity index is 1520. The van der Waals surface area contributed by atoms with E-state index in [-0.39, 0.29) is 59.8 Å². The highest BCUT2D eigenvalue weighted by Gasteiger charge is 2.62. The summed E-state index contributed by atoms with van der Waals surface area (Å²) in [5.74, 6) is 0.0559. The number of ketones is 2. The van der Waals surface area contributed by atoms with Crippen molar-refractivity contribution >= 4 is 17.5 Å². The van der Waals surface area contributed by atoms with Crippen molar-refractivity contribution in [2.24, 2.45) is 17.8 Å². The lowest BCUT2D eigenvalue weighted by molar-refractivity contribution is -0.220. The van der Waals surface area contributed by atoms with E-state index in [9.17, 15) is 14.4 Å². The number of nitrogens with one attached hydrogen (secondary N) is 2. The number of halogens is 1. The molecule has 12 atom stereocenters. The van der Waals surface area contributed by atoms with Crippen molar-refractivity contribution in [3.63, 3.8) is 0 Å². The van der Waals surface area contributed by atoms with Gasteiger partial charge in [0, 0.05) is 69.6 Å². The molecule has 3 saturated carbocycles. The number of carbonyl (C=O) groups excluding carboxylic acids is 3. The van der Waals surface area contributed by atoms with Gasteiger partial charge in [-0.05, 0) is 96.8 Å². The van der Waals surface area contributed by atoms with Crippen LogP contribution in [0.1, 0.15) is 89.9 Å². The summed E-state index contributed by atoms with van der Waals surface area (Å²) < 4.78 is 32.7. The molecule has 55 heavy (non-hydrogen) atoms. The summed E-state index contributed by atoms with van der Waals surface area (Å²) in [6.07, 6.45) is 17.7. The summed E-state index contributed by atoms with van der Waals surface area (Å²) >= 11 is 0. The summed E-state index contributed by atoms with van der Waals surface area (Å²) in [6.45, 7) is 4.51. The molecule has 1 amide bonds. The first-order valence-electron chi connectivity index (χ1n) is 21.6. The van der Waals surface area contributed by atoms with Crippen molar-refractivity contribution in [1.29, 1.82) is 0 Å². The van der Waals surface area contributed by atoms with Crippen LogP contribution in [0.25, 0.3) is 0 Å². The quantitative estimate of drug-likeness (QED) is 0.191. The number of fused-ring (bicyclic) bond motifs is 5. The number of rotatable bonds is 16. The molecule has 12 nitrogen and oxygen atoms in total. The number of Topliss-reactive ketones (excluding diaryl/α,β-unsaturated/α-hetero) is 2. The number of unbranched alkanes of at least 4 members (excludes halogenated alkanes) is 2. The average Bonchev–Trinajstić information content (AvgIpc) is 3.94. The summed E-state index contributed by atoms with van der Waals surface area (Å²) in [6, 6.07) is -0.909. The van der Waals surface area contributed by atoms with Crippen LogP contribution < -0.4 is 10.6 Å². The molecule has 1 aromatic heterocycles. The van der Waals surface area contributed by atoms with Crippen LogP contribution >= 0.6 is 0 Å². The molecule has 3 aliphatic carbocycles. The van der Waals surface area contributed by atoms with E-state index in [1.165, 1.54) is 19.3 Å². The van der Waals surface area contributed by atoms with Gasteiger partial charge in [0.15, 0.2) is 11.6 Å². The van der Waals surface area contributed by atoms with Gasteiger partial charge in [-0.2, -0.15) is 0 Å². The van der Waals surface area contributed by atoms with Gasteiger partial charge in [-0.1, -0.05) is 19.3 Å². The van der Waals surface area contributed by atoms with Crippen molar-refractivity contribution in [3.05, 3.63) is 30.5 Å². The maximum Gasteiger partial charge on any atom is 0.221 e. The van der Waals surface area contributed by atoms with E-state index in [2.05, 4.69) is 44.4 Å². The minimum absolute atomic E-state index is 0.00636. The number of aromatic nitrogens is 2. The Labute approximate surface area is 326 Å². The highest BCUT2D eigenvalue weighted by Crippen LogP contribution is 2.53. The van der Waals surface area contributed by atoms with Gasteiger partial charge in [0.1, 0.15) is 6.17 Å². The number of amides is 1. The molecule has 7 aliphatic rings. The summed E-state index contributed by atoms with van der Waals surface area (Å²) in [4.78, 5) is 51.7. The molecule has 6 fully saturated rings. The van der Waals surface area contributed by atoms with Crippen LogP contribution in [-0.2, 0) is 30.4 Å². The van der Waals surface area contributed by atoms with E-state index in [0.29, 0.717) is 50.4 Å². The molecule has 13 heteroatoms. The molecule has 304 valence electrons. The van der Waals surface area contributed by atoms with Gasteiger partial charge < -0.3 is 34.5 Å². The molecule has 0 aromatic carbocycles. The number of hydrogen-bond donors (Lipinski definition) is 2. The van der Waals surface area contributed by atoms with E-state index in [1.807, 2.05) is 23.3 Å². The molecular formula is C42H64FN7O5. The molecule has 3 saturated heterocycles. The van der Waals surface area contributed by atoms with Crippen molar-refractivity contribution in [2.75, 3.05) is 46.8 Å². The van der Waals surface area contributed by atoms with Gasteiger partial charge in [-0.3, -0.25) is 19.3 Å². The second-order valence-corrected chi connectivity index (χ2v) is 17.9. The molecule has 0 bridgehead atoms. The topological polar surface area (TPSA) is 121 Å². The number of allylic oxidation sites excluding steroid dienone is 1. The fourth-order valence-corrected chi connectivity index (χ4v) is 11.5. The molecule has 0 radical (unpaired) electrons. The predicted molar refractivity (Wildman–Crippen MR) is 206 cm³/mol. The van der Waals surface area contributed by atoms with E-state index in [4.69, 9.17) is 9.47 Å². The zero-order valence-corrected chi connectivity index (χ0v) is 33.0. The third-order valence-electron chi connectivity index (χ3n) is 14.1. The van der Waals surface area contributed by atoms with Gasteiger partial charge in [0.05, 0.1) is 54.4 Å². The average molecular weight is 766 g/mol. The molecule has 11 unspecified atom stereocenters. The smallest absolute Gasteiger partial charge is 0.221 e. The molecule has 1 aromatic rings. The van der Waals surface area contributed by atoms with Crippen molar-refractivity contribution in [3.8, 4) is 0 Å². The van der Waals surface area contributed by atoms with E-state index in [0.717, 1.165) is 71.0 Å². The summed E-state index contributed by atoms with van der Waals surface area (Å²) in [7, 11) is 4.10. The van der Waals surface area contributed by atoms with Gasteiger partial charge >= 0.3 is 0 Å². The molecule has 0 spiro atoms. The fraction of sp³-hybridized carbons (Fsp3) is 0.810. The zero-order valence-electron chi connectivity index (χ0n) is 33.0. The number of aryl methyl sites for hydroxylation is 1. The third kappa shape index (κ3) is 8.47. The number of carbonyl (C=O) groups is 3. The number of imidazole rings is 1. The Kier molecular flexibility index (Phi) is 12.4. The maximum atomic E-state index is 16.8. The van der Waals surface area contributed by atoms with Crippen LogP contribution in [0.15, 0.2) is 30.5 Å². The Morgan fingerprint density at radius 1 is 0.945 bits per heavy atom. The largest absolute Gasteiger partial charge is 0.374 e. The SMILES string of the molecule is CN(C)CCCCCC(=O)C1=CN2C3CC4OC5CCCCC5C4CC3OC3C(N4CC[C@@H](NC(=O)CCNCCCn5ccnc5)C4)C(F)CC(C1=O)C32. The first kappa shape index (κ1) is 39.1. The Hall–Kier alpha value is -2.71. The van der Waals surface area contributed by atoms with Gasteiger partial charge in [-0.25, -0.2) is 9.37 Å². The molecular weight excluding hydrogens is 702 g/mol. The summed E-state index contributed by atoms with van der Waals surface area (Å²) in [5.41, 5.74) is 0.263. The van der Waals surface area contributed by atoms with Crippen LogP contribution in [0.4, 0.5) is 4.39 Å². The first-order valence-corrected chi connectivity index (χ1v) is 21.6. The van der Waals surface area contributed by atoms with Crippen LogP contribution in [0, 0.1) is 17.8 Å². The third-order valence-corrected chi connectivity index (χ3v) is 14.1. The Morgan fingerprint density at radius 3 is 2.65 bits per heavy atom. The number of ether oxygens (including phenoxy) is 2. The molecule has 2 N–H and O–H groups in total. The van der Waals surface area contributed by atoms with Gasteiger partial charge in [0.2, 0.25) is 5.91 Å². The number of hydrogen-bond acceptors (Lipinski definition) is 10.